The van der Waals surface area contributed by atoms with Crippen molar-refractivity contribution in [3.63, 3.8) is 0 Å². The van der Waals surface area contributed by atoms with E-state index in [0.717, 1.165) is 0 Å². The Labute approximate surface area is 80.6 Å². The normalized spacial score (nSPS) is 27.0. The average Bonchev–Trinajstić information content (AvgIpc) is 2.74. The highest BCUT2D eigenvalue weighted by Gasteiger charge is 2.29. The topological polar surface area (TPSA) is 60.2 Å². The van der Waals surface area contributed by atoms with Gasteiger partial charge >= 0.3 is 0 Å². The Hall–Kier alpha value is -1.01. The van der Waals surface area contributed by atoms with Gasteiger partial charge in [0.25, 0.3) is 0 Å². The summed E-state index contributed by atoms with van der Waals surface area (Å²) in [5.74, 6) is 0.934. The van der Waals surface area contributed by atoms with E-state index < -0.39 is 6.17 Å². The number of ether oxygens (including phenoxy) is 1. The first-order valence-corrected chi connectivity index (χ1v) is 4.48. The maximum atomic E-state index is 12.8. The molecule has 0 radical (unpaired) electrons. The van der Waals surface area contributed by atoms with Gasteiger partial charge in [-0.1, -0.05) is 5.16 Å². The van der Waals surface area contributed by atoms with Gasteiger partial charge in [0.1, 0.15) is 12.8 Å². The predicted molar refractivity (Wildman–Crippen MR) is 45.3 cm³/mol. The maximum Gasteiger partial charge on any atom is 0.243 e. The molecule has 0 bridgehead atoms. The lowest BCUT2D eigenvalue weighted by Gasteiger charge is -2.00. The van der Waals surface area contributed by atoms with Crippen LogP contribution in [0.5, 0.6) is 0 Å². The summed E-state index contributed by atoms with van der Waals surface area (Å²) in [4.78, 5) is 4.08. The monoisotopic (exact) mass is 201 g/mol. The fourth-order valence-electron chi connectivity index (χ4n) is 1.48. The first-order valence-electron chi connectivity index (χ1n) is 4.48. The van der Waals surface area contributed by atoms with Crippen LogP contribution >= 0.6 is 0 Å². The molecule has 0 saturated carbocycles. The lowest BCUT2D eigenvalue weighted by Crippen LogP contribution is -2.14. The number of rotatable bonds is 3. The van der Waals surface area contributed by atoms with Crippen molar-refractivity contribution in [2.45, 2.75) is 25.2 Å². The Morgan fingerprint density at radius 1 is 1.71 bits per heavy atom. The minimum Gasteiger partial charge on any atom is -0.377 e. The van der Waals surface area contributed by atoms with Gasteiger partial charge in [-0.3, -0.25) is 0 Å². The molecular weight excluding hydrogens is 189 g/mol. The largest absolute Gasteiger partial charge is 0.377 e. The van der Waals surface area contributed by atoms with Crippen LogP contribution in [0.1, 0.15) is 24.2 Å². The summed E-state index contributed by atoms with van der Waals surface area (Å²) in [5, 5.41) is 6.67. The predicted octanol–water partition coefficient (Wildman–Crippen LogP) is 0.589. The van der Waals surface area contributed by atoms with Gasteiger partial charge in [-0.15, -0.1) is 0 Å². The van der Waals surface area contributed by atoms with Crippen LogP contribution in [-0.4, -0.2) is 30.0 Å². The molecule has 1 aliphatic rings. The summed E-state index contributed by atoms with van der Waals surface area (Å²) < 4.78 is 22.7. The zero-order chi connectivity index (χ0) is 9.97. The van der Waals surface area contributed by atoms with Crippen molar-refractivity contribution in [3.8, 4) is 0 Å². The van der Waals surface area contributed by atoms with E-state index in [1.54, 1.807) is 7.11 Å². The first-order chi connectivity index (χ1) is 6.79. The summed E-state index contributed by atoms with van der Waals surface area (Å²) in [6.45, 7) is 0.669. The van der Waals surface area contributed by atoms with Crippen molar-refractivity contribution in [3.05, 3.63) is 11.7 Å². The average molecular weight is 201 g/mol. The van der Waals surface area contributed by atoms with Crippen molar-refractivity contribution in [2.75, 3.05) is 13.7 Å². The van der Waals surface area contributed by atoms with Gasteiger partial charge in [0.15, 0.2) is 5.82 Å². The molecule has 1 aromatic heterocycles. The summed E-state index contributed by atoms with van der Waals surface area (Å²) in [6.07, 6.45) is -0.424. The molecule has 0 spiro atoms. The third kappa shape index (κ3) is 1.91. The standard InChI is InChI=1S/C8H12FN3O2/c1-13-4-7-11-8(14-12-7)6-2-5(9)3-10-6/h5-6,10H,2-4H2,1H3/t5-,6-/m1/s1. The van der Waals surface area contributed by atoms with Crippen LogP contribution < -0.4 is 5.32 Å². The van der Waals surface area contributed by atoms with E-state index in [-0.39, 0.29) is 6.04 Å². The van der Waals surface area contributed by atoms with Gasteiger partial charge in [0.05, 0.1) is 6.04 Å². The molecule has 1 saturated heterocycles. The smallest absolute Gasteiger partial charge is 0.243 e. The van der Waals surface area contributed by atoms with E-state index in [0.29, 0.717) is 31.3 Å². The third-order valence-corrected chi connectivity index (χ3v) is 2.13. The second-order valence-electron chi connectivity index (χ2n) is 3.28. The SMILES string of the molecule is COCc1noc([C@H]2C[C@@H](F)CN2)n1. The van der Waals surface area contributed by atoms with Gasteiger partial charge < -0.3 is 14.6 Å². The lowest BCUT2D eigenvalue weighted by atomic mass is 10.2. The highest BCUT2D eigenvalue weighted by atomic mass is 19.1. The van der Waals surface area contributed by atoms with Crippen LogP contribution in [-0.2, 0) is 11.3 Å². The number of hydrogen-bond acceptors (Lipinski definition) is 5. The van der Waals surface area contributed by atoms with Crippen molar-refractivity contribution in [1.29, 1.82) is 0 Å². The molecule has 5 nitrogen and oxygen atoms in total. The van der Waals surface area contributed by atoms with Gasteiger partial charge in [-0.2, -0.15) is 4.98 Å². The Balaban J connectivity index is 2.02. The van der Waals surface area contributed by atoms with E-state index >= 15 is 0 Å². The highest BCUT2D eigenvalue weighted by molar-refractivity contribution is 4.96. The van der Waals surface area contributed by atoms with Gasteiger partial charge in [0.2, 0.25) is 5.89 Å². The Morgan fingerprint density at radius 3 is 3.21 bits per heavy atom. The molecule has 1 fully saturated rings. The second kappa shape index (κ2) is 4.02. The Morgan fingerprint density at radius 2 is 2.57 bits per heavy atom. The molecule has 1 aromatic rings. The number of aromatic nitrogens is 2. The molecule has 2 heterocycles. The van der Waals surface area contributed by atoms with Crippen LogP contribution in [0.4, 0.5) is 4.39 Å². The van der Waals surface area contributed by atoms with E-state index in [9.17, 15) is 4.39 Å². The fourth-order valence-corrected chi connectivity index (χ4v) is 1.48. The summed E-state index contributed by atoms with van der Waals surface area (Å²) in [7, 11) is 1.56. The fraction of sp³-hybridized carbons (Fsp3) is 0.750. The van der Waals surface area contributed by atoms with Crippen molar-refractivity contribution < 1.29 is 13.7 Å². The Kier molecular flexibility index (Phi) is 2.74. The summed E-state index contributed by atoms with van der Waals surface area (Å²) in [6, 6.07) is -0.150. The van der Waals surface area contributed by atoms with Crippen molar-refractivity contribution in [1.82, 2.24) is 15.5 Å². The molecule has 1 aliphatic heterocycles. The van der Waals surface area contributed by atoms with E-state index in [1.165, 1.54) is 0 Å². The van der Waals surface area contributed by atoms with Crippen LogP contribution in [0.15, 0.2) is 4.52 Å². The number of nitrogens with zero attached hydrogens (tertiary/aromatic N) is 2. The first kappa shape index (κ1) is 9.54. The molecule has 0 aliphatic carbocycles. The van der Waals surface area contributed by atoms with Crippen LogP contribution in [0.3, 0.4) is 0 Å². The third-order valence-electron chi connectivity index (χ3n) is 2.13. The van der Waals surface area contributed by atoms with Crippen LogP contribution in [0, 0.1) is 0 Å². The van der Waals surface area contributed by atoms with Gasteiger partial charge in [0, 0.05) is 20.1 Å². The van der Waals surface area contributed by atoms with Crippen LogP contribution in [0.25, 0.3) is 0 Å². The van der Waals surface area contributed by atoms with E-state index in [1.807, 2.05) is 0 Å². The van der Waals surface area contributed by atoms with Gasteiger partial charge in [-0.05, 0) is 0 Å². The molecule has 0 unspecified atom stereocenters. The zero-order valence-corrected chi connectivity index (χ0v) is 7.86. The Bertz CT molecular complexity index is 305. The maximum absolute atomic E-state index is 12.8. The molecule has 2 atom stereocenters. The zero-order valence-electron chi connectivity index (χ0n) is 7.86. The molecular formula is C8H12FN3O2. The van der Waals surface area contributed by atoms with Crippen molar-refractivity contribution in [2.24, 2.45) is 0 Å². The second-order valence-corrected chi connectivity index (χ2v) is 3.28. The minimum atomic E-state index is -0.822. The highest BCUT2D eigenvalue weighted by Crippen LogP contribution is 2.23. The van der Waals surface area contributed by atoms with E-state index in [4.69, 9.17) is 9.26 Å². The molecule has 6 heteroatoms. The quantitative estimate of drug-likeness (QED) is 0.775. The summed E-state index contributed by atoms with van der Waals surface area (Å²) in [5.41, 5.74) is 0. The molecule has 0 amide bonds. The molecule has 2 rings (SSSR count). The van der Waals surface area contributed by atoms with Crippen molar-refractivity contribution >= 4 is 0 Å². The number of methoxy groups -OCH3 is 1. The van der Waals surface area contributed by atoms with Crippen LogP contribution in [0.2, 0.25) is 0 Å². The minimum absolute atomic E-state index is 0.150. The lowest BCUT2D eigenvalue weighted by molar-refractivity contribution is 0.174. The number of hydrogen-bond donors (Lipinski definition) is 1. The number of alkyl halides is 1. The summed E-state index contributed by atoms with van der Waals surface area (Å²) >= 11 is 0. The number of halogens is 1. The van der Waals surface area contributed by atoms with Gasteiger partial charge in [-0.25, -0.2) is 4.39 Å². The molecule has 14 heavy (non-hydrogen) atoms. The molecule has 0 aromatic carbocycles. The molecule has 1 N–H and O–H groups in total. The van der Waals surface area contributed by atoms with E-state index in [2.05, 4.69) is 15.5 Å². The molecule has 78 valence electrons. The number of nitrogens with one attached hydrogen (secondary N) is 1.